The normalized spacial score (nSPS) is 20.7. The lowest BCUT2D eigenvalue weighted by Crippen LogP contribution is -2.29. The molecule has 1 aliphatic rings. The summed E-state index contributed by atoms with van der Waals surface area (Å²) >= 11 is 0. The third kappa shape index (κ3) is 3.72. The number of nitrogens with two attached hydrogens (primary N) is 1. The van der Waals surface area contributed by atoms with Crippen LogP contribution in [0, 0.1) is 11.8 Å². The van der Waals surface area contributed by atoms with Crippen LogP contribution in [0.15, 0.2) is 24.3 Å². The van der Waals surface area contributed by atoms with Crippen LogP contribution in [0.4, 0.5) is 5.69 Å². The van der Waals surface area contributed by atoms with Gasteiger partial charge in [0.1, 0.15) is 0 Å². The monoisotopic (exact) mass is 260 g/mol. The average Bonchev–Trinajstić information content (AvgIpc) is 2.53. The van der Waals surface area contributed by atoms with E-state index in [4.69, 9.17) is 5.73 Å². The lowest BCUT2D eigenvalue weighted by Gasteiger charge is -2.22. The number of likely N-dealkylation sites (tertiary alicyclic amines) is 1. The second-order valence-corrected chi connectivity index (χ2v) is 5.89. The highest BCUT2D eigenvalue weighted by Crippen LogP contribution is 2.26. The van der Waals surface area contributed by atoms with E-state index in [1.807, 2.05) is 29.2 Å². The maximum Gasteiger partial charge on any atom is 0.222 e. The van der Waals surface area contributed by atoms with Crippen LogP contribution in [-0.4, -0.2) is 17.4 Å². The summed E-state index contributed by atoms with van der Waals surface area (Å²) in [7, 11) is 0. The Morgan fingerprint density at radius 1 is 1.37 bits per heavy atom. The fraction of sp³-hybridized carbons (Fsp3) is 0.562. The molecule has 2 N–H and O–H groups in total. The van der Waals surface area contributed by atoms with E-state index in [0.29, 0.717) is 24.8 Å². The predicted molar refractivity (Wildman–Crippen MR) is 78.5 cm³/mol. The number of hydrogen-bond acceptors (Lipinski definition) is 2. The Morgan fingerprint density at radius 2 is 2.16 bits per heavy atom. The molecule has 3 heteroatoms. The van der Waals surface area contributed by atoms with Crippen LogP contribution in [0.1, 0.15) is 38.7 Å². The molecule has 1 saturated heterocycles. The Morgan fingerprint density at radius 3 is 2.84 bits per heavy atom. The van der Waals surface area contributed by atoms with Gasteiger partial charge in [-0.2, -0.15) is 0 Å². The zero-order valence-corrected chi connectivity index (χ0v) is 11.9. The molecule has 1 unspecified atom stereocenters. The van der Waals surface area contributed by atoms with Gasteiger partial charge in [-0.3, -0.25) is 4.79 Å². The molecule has 1 amide bonds. The summed E-state index contributed by atoms with van der Waals surface area (Å²) < 4.78 is 0. The molecule has 0 bridgehead atoms. The Labute approximate surface area is 115 Å². The molecule has 0 spiro atoms. The van der Waals surface area contributed by atoms with Gasteiger partial charge in [0, 0.05) is 25.2 Å². The van der Waals surface area contributed by atoms with Crippen molar-refractivity contribution in [2.75, 3.05) is 12.3 Å². The first-order valence-corrected chi connectivity index (χ1v) is 7.18. The van der Waals surface area contributed by atoms with Crippen LogP contribution >= 0.6 is 0 Å². The van der Waals surface area contributed by atoms with Crippen LogP contribution in [0.5, 0.6) is 0 Å². The number of benzene rings is 1. The van der Waals surface area contributed by atoms with E-state index in [0.717, 1.165) is 30.6 Å². The number of carbonyl (C=O) groups is 1. The highest BCUT2D eigenvalue weighted by atomic mass is 16.2. The Bertz CT molecular complexity index is 442. The van der Waals surface area contributed by atoms with Crippen molar-refractivity contribution >= 4 is 11.6 Å². The van der Waals surface area contributed by atoms with Crippen LogP contribution in [0.2, 0.25) is 0 Å². The number of nitrogen functional groups attached to an aromatic ring is 1. The Kier molecular flexibility index (Phi) is 4.46. The van der Waals surface area contributed by atoms with Crippen molar-refractivity contribution in [3.8, 4) is 0 Å². The maximum absolute atomic E-state index is 12.2. The van der Waals surface area contributed by atoms with E-state index in [1.165, 1.54) is 0 Å². The van der Waals surface area contributed by atoms with E-state index in [1.54, 1.807) is 0 Å². The van der Waals surface area contributed by atoms with Gasteiger partial charge in [-0.05, 0) is 42.4 Å². The first kappa shape index (κ1) is 13.9. The molecule has 1 aromatic rings. The van der Waals surface area contributed by atoms with Crippen molar-refractivity contribution in [2.45, 2.75) is 39.7 Å². The molecule has 104 valence electrons. The summed E-state index contributed by atoms with van der Waals surface area (Å²) in [6.45, 7) is 6.07. The third-order valence-corrected chi connectivity index (χ3v) is 4.12. The predicted octanol–water partition coefficient (Wildman–Crippen LogP) is 3.05. The maximum atomic E-state index is 12.2. The average molecular weight is 260 g/mol. The molecular weight excluding hydrogens is 236 g/mol. The summed E-state index contributed by atoms with van der Waals surface area (Å²) in [5.74, 6) is 1.63. The van der Waals surface area contributed by atoms with Gasteiger partial charge in [-0.15, -0.1) is 0 Å². The lowest BCUT2D eigenvalue weighted by atomic mass is 9.89. The smallest absolute Gasteiger partial charge is 0.222 e. The zero-order chi connectivity index (χ0) is 13.8. The standard InChI is InChI=1S/C16H24N2O/c1-12(2)14-6-7-16(19)18(9-8-14)11-13-4-3-5-15(17)10-13/h3-5,10,12,14H,6-9,11,17H2,1-2H3. The van der Waals surface area contributed by atoms with Crippen LogP contribution in [0.3, 0.4) is 0 Å². The molecule has 0 radical (unpaired) electrons. The topological polar surface area (TPSA) is 46.3 Å². The minimum Gasteiger partial charge on any atom is -0.399 e. The van der Waals surface area contributed by atoms with Crippen molar-refractivity contribution in [3.05, 3.63) is 29.8 Å². The van der Waals surface area contributed by atoms with E-state index in [9.17, 15) is 4.79 Å². The minimum absolute atomic E-state index is 0.283. The Balaban J connectivity index is 2.02. The van der Waals surface area contributed by atoms with Crippen molar-refractivity contribution < 1.29 is 4.79 Å². The number of amides is 1. The first-order valence-electron chi connectivity index (χ1n) is 7.18. The van der Waals surface area contributed by atoms with Gasteiger partial charge in [0.15, 0.2) is 0 Å². The first-order chi connectivity index (χ1) is 9.06. The summed E-state index contributed by atoms with van der Waals surface area (Å²) in [6, 6.07) is 7.82. The van der Waals surface area contributed by atoms with Crippen LogP contribution in [-0.2, 0) is 11.3 Å². The van der Waals surface area contributed by atoms with E-state index in [2.05, 4.69) is 13.8 Å². The molecule has 1 fully saturated rings. The van der Waals surface area contributed by atoms with Gasteiger partial charge in [0.2, 0.25) is 5.91 Å². The van der Waals surface area contributed by atoms with Crippen molar-refractivity contribution in [1.82, 2.24) is 4.90 Å². The Hall–Kier alpha value is -1.51. The largest absolute Gasteiger partial charge is 0.399 e. The summed E-state index contributed by atoms with van der Waals surface area (Å²) in [5, 5.41) is 0. The summed E-state index contributed by atoms with van der Waals surface area (Å²) in [5.41, 5.74) is 7.67. The SMILES string of the molecule is CC(C)C1CCC(=O)N(Cc2cccc(N)c2)CC1. The molecule has 0 saturated carbocycles. The lowest BCUT2D eigenvalue weighted by molar-refractivity contribution is -0.131. The second-order valence-electron chi connectivity index (χ2n) is 5.89. The molecule has 0 aromatic heterocycles. The van der Waals surface area contributed by atoms with Crippen molar-refractivity contribution in [2.24, 2.45) is 11.8 Å². The third-order valence-electron chi connectivity index (χ3n) is 4.12. The molecule has 0 aliphatic carbocycles. The zero-order valence-electron chi connectivity index (χ0n) is 11.9. The molecule has 1 heterocycles. The number of carbonyl (C=O) groups excluding carboxylic acids is 1. The molecule has 1 aromatic carbocycles. The van der Waals surface area contributed by atoms with Gasteiger partial charge in [0.25, 0.3) is 0 Å². The van der Waals surface area contributed by atoms with Crippen LogP contribution < -0.4 is 5.73 Å². The van der Waals surface area contributed by atoms with Gasteiger partial charge in [0.05, 0.1) is 0 Å². The van der Waals surface area contributed by atoms with E-state index >= 15 is 0 Å². The van der Waals surface area contributed by atoms with Gasteiger partial charge < -0.3 is 10.6 Å². The van der Waals surface area contributed by atoms with Gasteiger partial charge >= 0.3 is 0 Å². The van der Waals surface area contributed by atoms with Crippen molar-refractivity contribution in [3.63, 3.8) is 0 Å². The fourth-order valence-corrected chi connectivity index (χ4v) is 2.80. The number of hydrogen-bond donors (Lipinski definition) is 1. The minimum atomic E-state index is 0.283. The summed E-state index contributed by atoms with van der Waals surface area (Å²) in [6.07, 6.45) is 2.83. The molecular formula is C16H24N2O. The van der Waals surface area contributed by atoms with E-state index < -0.39 is 0 Å². The second kappa shape index (κ2) is 6.09. The highest BCUT2D eigenvalue weighted by molar-refractivity contribution is 5.76. The number of nitrogens with zero attached hydrogens (tertiary/aromatic N) is 1. The van der Waals surface area contributed by atoms with E-state index in [-0.39, 0.29) is 5.91 Å². The van der Waals surface area contributed by atoms with Crippen molar-refractivity contribution in [1.29, 1.82) is 0 Å². The molecule has 3 nitrogen and oxygen atoms in total. The molecule has 19 heavy (non-hydrogen) atoms. The quantitative estimate of drug-likeness (QED) is 0.849. The van der Waals surface area contributed by atoms with Gasteiger partial charge in [-0.25, -0.2) is 0 Å². The molecule has 2 rings (SSSR count). The number of rotatable bonds is 3. The molecule has 1 atom stereocenters. The summed E-state index contributed by atoms with van der Waals surface area (Å²) in [4.78, 5) is 14.1. The fourth-order valence-electron chi connectivity index (χ4n) is 2.80. The van der Waals surface area contributed by atoms with Crippen LogP contribution in [0.25, 0.3) is 0 Å². The number of anilines is 1. The molecule has 1 aliphatic heterocycles. The van der Waals surface area contributed by atoms with Gasteiger partial charge in [-0.1, -0.05) is 26.0 Å². The highest BCUT2D eigenvalue weighted by Gasteiger charge is 2.24.